The van der Waals surface area contributed by atoms with E-state index < -0.39 is 0 Å². The zero-order chi connectivity index (χ0) is 12.3. The summed E-state index contributed by atoms with van der Waals surface area (Å²) in [5, 5.41) is 5.27. The van der Waals surface area contributed by atoms with Crippen molar-refractivity contribution in [3.63, 3.8) is 0 Å². The van der Waals surface area contributed by atoms with Gasteiger partial charge >= 0.3 is 0 Å². The van der Waals surface area contributed by atoms with E-state index >= 15 is 0 Å². The molecule has 1 amide bonds. The number of thiazole rings is 1. The van der Waals surface area contributed by atoms with Crippen molar-refractivity contribution in [2.24, 2.45) is 5.73 Å². The van der Waals surface area contributed by atoms with E-state index in [0.717, 1.165) is 17.0 Å². The molecule has 0 spiro atoms. The van der Waals surface area contributed by atoms with Gasteiger partial charge in [-0.05, 0) is 25.1 Å². The average Bonchev–Trinajstić information content (AvgIpc) is 2.86. The molecule has 0 radical (unpaired) electrons. The molecule has 0 aliphatic rings. The number of carbonyl (C=O) groups is 1. The minimum Gasteiger partial charge on any atom is -0.330 e. The predicted octanol–water partition coefficient (Wildman–Crippen LogP) is 2.33. The van der Waals surface area contributed by atoms with Crippen molar-refractivity contribution in [2.45, 2.75) is 13.3 Å². The number of nitrogens with zero attached hydrogens (tertiary/aromatic N) is 1. The van der Waals surface area contributed by atoms with Crippen molar-refractivity contribution in [3.05, 3.63) is 22.4 Å². The van der Waals surface area contributed by atoms with Crippen LogP contribution in [0.25, 0.3) is 10.6 Å². The van der Waals surface area contributed by atoms with Gasteiger partial charge in [-0.2, -0.15) is 0 Å². The van der Waals surface area contributed by atoms with Crippen molar-refractivity contribution in [3.8, 4) is 10.6 Å². The molecular weight excluding hydrogens is 254 g/mol. The molecule has 0 aliphatic heterocycles. The molecule has 4 nitrogen and oxygen atoms in total. The lowest BCUT2D eigenvalue weighted by molar-refractivity contribution is -0.114. The third kappa shape index (κ3) is 3.12. The first kappa shape index (κ1) is 12.2. The van der Waals surface area contributed by atoms with Gasteiger partial charge in [0, 0.05) is 17.2 Å². The monoisotopic (exact) mass is 267 g/mol. The van der Waals surface area contributed by atoms with Gasteiger partial charge in [-0.3, -0.25) is 4.79 Å². The Hall–Kier alpha value is -1.24. The molecular formula is C11H13N3OS2. The third-order valence-electron chi connectivity index (χ3n) is 2.09. The second kappa shape index (κ2) is 5.39. The Balaban J connectivity index is 2.15. The molecule has 90 valence electrons. The van der Waals surface area contributed by atoms with E-state index in [1.54, 1.807) is 11.3 Å². The van der Waals surface area contributed by atoms with E-state index in [1.165, 1.54) is 23.1 Å². The van der Waals surface area contributed by atoms with Gasteiger partial charge in [0.25, 0.3) is 0 Å². The second-order valence-corrected chi connectivity index (χ2v) is 5.55. The van der Waals surface area contributed by atoms with Crippen LogP contribution in [0.3, 0.4) is 0 Å². The first-order chi connectivity index (χ1) is 8.19. The van der Waals surface area contributed by atoms with Gasteiger partial charge in [-0.15, -0.1) is 22.7 Å². The summed E-state index contributed by atoms with van der Waals surface area (Å²) in [5.74, 6) is -0.0964. The number of aromatic nitrogens is 1. The van der Waals surface area contributed by atoms with Crippen LogP contribution in [0.15, 0.2) is 17.5 Å². The fourth-order valence-electron chi connectivity index (χ4n) is 1.39. The van der Waals surface area contributed by atoms with E-state index in [-0.39, 0.29) is 5.91 Å². The number of anilines is 1. The average molecular weight is 267 g/mol. The summed E-state index contributed by atoms with van der Waals surface area (Å²) in [6, 6.07) is 4.12. The zero-order valence-electron chi connectivity index (χ0n) is 9.40. The maximum atomic E-state index is 10.9. The van der Waals surface area contributed by atoms with Crippen molar-refractivity contribution in [2.75, 3.05) is 11.9 Å². The summed E-state index contributed by atoms with van der Waals surface area (Å²) in [5.41, 5.74) is 6.42. The number of rotatable bonds is 4. The first-order valence-electron chi connectivity index (χ1n) is 5.21. The van der Waals surface area contributed by atoms with Crippen LogP contribution in [0.2, 0.25) is 0 Å². The highest BCUT2D eigenvalue weighted by Crippen LogP contribution is 2.30. The normalized spacial score (nSPS) is 10.5. The van der Waals surface area contributed by atoms with Gasteiger partial charge in [0.15, 0.2) is 5.13 Å². The molecule has 0 saturated carbocycles. The molecule has 2 heterocycles. The molecule has 0 saturated heterocycles. The Morgan fingerprint density at radius 2 is 2.35 bits per heavy atom. The van der Waals surface area contributed by atoms with E-state index in [1.807, 2.05) is 11.4 Å². The number of hydrogen-bond acceptors (Lipinski definition) is 5. The Morgan fingerprint density at radius 3 is 3.06 bits per heavy atom. The molecule has 2 rings (SSSR count). The number of carbonyl (C=O) groups excluding carboxylic acids is 1. The fourth-order valence-corrected chi connectivity index (χ4v) is 3.20. The molecule has 2 aromatic rings. The fraction of sp³-hybridized carbons (Fsp3) is 0.273. The molecule has 0 atom stereocenters. The number of nitrogens with two attached hydrogens (primary N) is 1. The topological polar surface area (TPSA) is 68.0 Å². The van der Waals surface area contributed by atoms with Crippen LogP contribution in [0.5, 0.6) is 0 Å². The maximum absolute atomic E-state index is 10.9. The highest BCUT2D eigenvalue weighted by Gasteiger charge is 2.08. The summed E-state index contributed by atoms with van der Waals surface area (Å²) in [6.45, 7) is 2.14. The summed E-state index contributed by atoms with van der Waals surface area (Å²) in [6.07, 6.45) is 0.896. The van der Waals surface area contributed by atoms with E-state index in [4.69, 9.17) is 5.73 Å². The third-order valence-corrected chi connectivity index (χ3v) is 4.02. The number of nitrogens with one attached hydrogen (secondary N) is 1. The lowest BCUT2D eigenvalue weighted by Gasteiger charge is -1.93. The van der Waals surface area contributed by atoms with Gasteiger partial charge in [-0.25, -0.2) is 4.98 Å². The standard InChI is InChI=1S/C11H13N3OS2/c1-7(15)13-11-14-9(6-16-11)10-3-2-8(17-10)4-5-12/h2-3,6H,4-5,12H2,1H3,(H,13,14,15). The SMILES string of the molecule is CC(=O)Nc1nc(-c2ccc(CCN)s2)cs1. The largest absolute Gasteiger partial charge is 0.330 e. The smallest absolute Gasteiger partial charge is 0.223 e. The van der Waals surface area contributed by atoms with Gasteiger partial charge in [0.05, 0.1) is 10.6 Å². The molecule has 2 aromatic heterocycles. The highest BCUT2D eigenvalue weighted by molar-refractivity contribution is 7.17. The van der Waals surface area contributed by atoms with Crippen LogP contribution >= 0.6 is 22.7 Å². The van der Waals surface area contributed by atoms with Crippen LogP contribution in [0.4, 0.5) is 5.13 Å². The van der Waals surface area contributed by atoms with Gasteiger partial charge in [0.2, 0.25) is 5.91 Å². The van der Waals surface area contributed by atoms with Gasteiger partial charge in [-0.1, -0.05) is 0 Å². The minimum absolute atomic E-state index is 0.0964. The Labute approximate surface area is 107 Å². The van der Waals surface area contributed by atoms with Crippen LogP contribution in [0.1, 0.15) is 11.8 Å². The van der Waals surface area contributed by atoms with Crippen LogP contribution in [-0.2, 0) is 11.2 Å². The quantitative estimate of drug-likeness (QED) is 0.893. The highest BCUT2D eigenvalue weighted by atomic mass is 32.1. The molecule has 17 heavy (non-hydrogen) atoms. The van der Waals surface area contributed by atoms with Crippen molar-refractivity contribution >= 4 is 33.7 Å². The summed E-state index contributed by atoms with van der Waals surface area (Å²) in [4.78, 5) is 17.6. The molecule has 0 bridgehead atoms. The second-order valence-electron chi connectivity index (χ2n) is 3.52. The van der Waals surface area contributed by atoms with Crippen molar-refractivity contribution in [1.82, 2.24) is 4.98 Å². The molecule has 6 heteroatoms. The molecule has 0 unspecified atom stereocenters. The molecule has 0 aromatic carbocycles. The minimum atomic E-state index is -0.0964. The summed E-state index contributed by atoms with van der Waals surface area (Å²) < 4.78 is 0. The lowest BCUT2D eigenvalue weighted by Crippen LogP contribution is -2.04. The van der Waals surface area contributed by atoms with Crippen molar-refractivity contribution < 1.29 is 4.79 Å². The van der Waals surface area contributed by atoms with Crippen LogP contribution in [0, 0.1) is 0 Å². The van der Waals surface area contributed by atoms with Gasteiger partial charge in [0.1, 0.15) is 0 Å². The van der Waals surface area contributed by atoms with Crippen molar-refractivity contribution in [1.29, 1.82) is 0 Å². The maximum Gasteiger partial charge on any atom is 0.223 e. The Kier molecular flexibility index (Phi) is 3.88. The summed E-state index contributed by atoms with van der Waals surface area (Å²) in [7, 11) is 0. The summed E-state index contributed by atoms with van der Waals surface area (Å²) >= 11 is 3.13. The Morgan fingerprint density at radius 1 is 1.53 bits per heavy atom. The molecule has 0 aliphatic carbocycles. The first-order valence-corrected chi connectivity index (χ1v) is 6.91. The lowest BCUT2D eigenvalue weighted by atomic mass is 10.3. The van der Waals surface area contributed by atoms with E-state index in [9.17, 15) is 4.79 Å². The molecule has 3 N–H and O–H groups in total. The number of amides is 1. The van der Waals surface area contributed by atoms with Gasteiger partial charge < -0.3 is 11.1 Å². The van der Waals surface area contributed by atoms with Crippen LogP contribution in [-0.4, -0.2) is 17.4 Å². The Bertz CT molecular complexity index is 518. The van der Waals surface area contributed by atoms with E-state index in [0.29, 0.717) is 11.7 Å². The van der Waals surface area contributed by atoms with Crippen LogP contribution < -0.4 is 11.1 Å². The zero-order valence-corrected chi connectivity index (χ0v) is 11.0. The molecule has 0 fully saturated rings. The number of hydrogen-bond donors (Lipinski definition) is 2. The predicted molar refractivity (Wildman–Crippen MR) is 72.5 cm³/mol. The van der Waals surface area contributed by atoms with E-state index in [2.05, 4.69) is 16.4 Å². The number of thiophene rings is 1.